The van der Waals surface area contributed by atoms with Crippen LogP contribution < -0.4 is 14.6 Å². The standard InChI is InChI=1S/C16H30O4.C9H17BO4.C7H14O2.C5H9N2/c1-7-15(3,4)13(17)19-11-9-10-12-20-14(18)16(5,6)8-2;1-4-9(2,3)8(11)14-7-5-6-10(12)13;1-5-7(2,3)6(8)9-4;1-6-3-4-7(2)5-6/h7-12H2,1-6H3;4-7H2,1-3H3;5H2,1-4H3;3-5H,1-2H3/q;-2;;+1. The van der Waals surface area contributed by atoms with Gasteiger partial charge in [0, 0.05) is 0 Å². The number of hydrogen-bond acceptors (Lipinski definition) is 10. The molecular formula is C37H70BN2O10-. The van der Waals surface area contributed by atoms with Crippen molar-refractivity contribution in [3.05, 3.63) is 18.7 Å². The summed E-state index contributed by atoms with van der Waals surface area (Å²) in [6, 6.07) is 0. The lowest BCUT2D eigenvalue weighted by atomic mass is 9.85. The Labute approximate surface area is 303 Å². The molecule has 0 radical (unpaired) electrons. The Morgan fingerprint density at radius 3 is 1.16 bits per heavy atom. The number of carbonyl (C=O) groups excluding carboxylic acids is 4. The van der Waals surface area contributed by atoms with Crippen LogP contribution in [0.15, 0.2) is 18.7 Å². The van der Waals surface area contributed by atoms with Crippen molar-refractivity contribution in [2.24, 2.45) is 35.8 Å². The minimum Gasteiger partial charge on any atom is -0.893 e. The van der Waals surface area contributed by atoms with E-state index in [0.717, 1.165) is 19.3 Å². The molecule has 50 heavy (non-hydrogen) atoms. The van der Waals surface area contributed by atoms with Gasteiger partial charge in [0.15, 0.2) is 0 Å². The third-order valence-electron chi connectivity index (χ3n) is 8.65. The number of methoxy groups -OCH3 is 1. The van der Waals surface area contributed by atoms with E-state index in [1.165, 1.54) is 7.11 Å². The van der Waals surface area contributed by atoms with Crippen LogP contribution in [0.3, 0.4) is 0 Å². The molecule has 0 N–H and O–H groups in total. The van der Waals surface area contributed by atoms with Crippen molar-refractivity contribution in [1.29, 1.82) is 0 Å². The lowest BCUT2D eigenvalue weighted by molar-refractivity contribution is -0.670. The van der Waals surface area contributed by atoms with E-state index in [2.05, 4.69) is 4.74 Å². The van der Waals surface area contributed by atoms with Crippen molar-refractivity contribution in [2.45, 2.75) is 134 Å². The van der Waals surface area contributed by atoms with E-state index in [1.54, 1.807) is 13.8 Å². The molecular weight excluding hydrogens is 643 g/mol. The van der Waals surface area contributed by atoms with Crippen molar-refractivity contribution in [2.75, 3.05) is 26.9 Å². The fraction of sp³-hybridized carbons (Fsp3) is 0.811. The number of rotatable bonds is 17. The average Bonchev–Trinajstić information content (AvgIpc) is 3.46. The first kappa shape index (κ1) is 51.4. The van der Waals surface area contributed by atoms with Crippen LogP contribution in [0.25, 0.3) is 0 Å². The fourth-order valence-electron chi connectivity index (χ4n) is 2.96. The average molecular weight is 714 g/mol. The first-order valence-corrected chi connectivity index (χ1v) is 17.8. The second-order valence-electron chi connectivity index (χ2n) is 14.9. The molecule has 1 aromatic rings. The smallest absolute Gasteiger partial charge is 0.311 e. The number of esters is 4. The number of carbonyl (C=O) groups is 4. The highest BCUT2D eigenvalue weighted by molar-refractivity contribution is 6.36. The van der Waals surface area contributed by atoms with Gasteiger partial charge >= 0.3 is 23.9 Å². The number of nitrogens with zero attached hydrogens (tertiary/aromatic N) is 2. The summed E-state index contributed by atoms with van der Waals surface area (Å²) in [5.74, 6) is -0.730. The van der Waals surface area contributed by atoms with E-state index in [1.807, 2.05) is 111 Å². The van der Waals surface area contributed by atoms with Gasteiger partial charge in [0.25, 0.3) is 0 Å². The van der Waals surface area contributed by atoms with Crippen LogP contribution in [0, 0.1) is 21.7 Å². The number of imidazole rings is 1. The predicted octanol–water partition coefficient (Wildman–Crippen LogP) is 4.74. The minimum absolute atomic E-state index is 0.0137. The molecule has 12 nitrogen and oxygen atoms in total. The Morgan fingerprint density at radius 1 is 0.640 bits per heavy atom. The van der Waals surface area contributed by atoms with Crippen LogP contribution in [-0.2, 0) is 52.2 Å². The highest BCUT2D eigenvalue weighted by Gasteiger charge is 2.29. The highest BCUT2D eigenvalue weighted by atomic mass is 16.5. The van der Waals surface area contributed by atoms with Crippen molar-refractivity contribution >= 4 is 31.0 Å². The largest absolute Gasteiger partial charge is 0.893 e. The van der Waals surface area contributed by atoms with Crippen molar-refractivity contribution in [1.82, 2.24) is 4.57 Å². The zero-order valence-corrected chi connectivity index (χ0v) is 34.1. The van der Waals surface area contributed by atoms with Gasteiger partial charge in [0.2, 0.25) is 6.33 Å². The number of aryl methyl sites for hydroxylation is 2. The highest BCUT2D eigenvalue weighted by Crippen LogP contribution is 2.23. The van der Waals surface area contributed by atoms with Gasteiger partial charge in [-0.1, -0.05) is 27.7 Å². The predicted molar refractivity (Wildman–Crippen MR) is 192 cm³/mol. The first-order valence-electron chi connectivity index (χ1n) is 17.8. The Bertz CT molecular complexity index is 1050. The molecule has 0 aliphatic carbocycles. The van der Waals surface area contributed by atoms with E-state index >= 15 is 0 Å². The van der Waals surface area contributed by atoms with Gasteiger partial charge in [-0.25, -0.2) is 9.13 Å². The fourth-order valence-corrected chi connectivity index (χ4v) is 2.96. The summed E-state index contributed by atoms with van der Waals surface area (Å²) in [6.07, 6.45) is 10.8. The van der Waals surface area contributed by atoms with E-state index in [-0.39, 0.29) is 42.2 Å². The van der Waals surface area contributed by atoms with Gasteiger partial charge in [0.1, 0.15) is 12.4 Å². The summed E-state index contributed by atoms with van der Waals surface area (Å²) in [4.78, 5) is 45.6. The molecule has 292 valence electrons. The van der Waals surface area contributed by atoms with E-state index in [0.29, 0.717) is 38.9 Å². The van der Waals surface area contributed by atoms with Gasteiger partial charge in [-0.15, -0.1) is 13.4 Å². The molecule has 0 amide bonds. The molecule has 0 fully saturated rings. The molecule has 13 heteroatoms. The Balaban J connectivity index is -0.000000636. The second kappa shape index (κ2) is 25.9. The molecule has 0 aliphatic rings. The van der Waals surface area contributed by atoms with E-state index in [9.17, 15) is 29.2 Å². The maximum Gasteiger partial charge on any atom is 0.311 e. The molecule has 1 heterocycles. The monoisotopic (exact) mass is 714 g/mol. The summed E-state index contributed by atoms with van der Waals surface area (Å²) in [6.45, 7) is 23.6. The summed E-state index contributed by atoms with van der Waals surface area (Å²) in [5.41, 5.74) is -1.63. The maximum atomic E-state index is 11.7. The first-order chi connectivity index (χ1) is 22.9. The van der Waals surface area contributed by atoms with Crippen LogP contribution in [0.2, 0.25) is 6.32 Å². The number of hydrogen-bond donors (Lipinski definition) is 0. The number of aromatic nitrogens is 2. The molecule has 0 bridgehead atoms. The van der Waals surface area contributed by atoms with Gasteiger partial charge in [-0.2, -0.15) is 0 Å². The molecule has 0 saturated heterocycles. The molecule has 0 atom stereocenters. The van der Waals surface area contributed by atoms with E-state index in [4.69, 9.17) is 14.2 Å². The topological polar surface area (TPSA) is 160 Å². The molecule has 0 aliphatic heterocycles. The Kier molecular flexibility index (Phi) is 26.7. The minimum atomic E-state index is -1.81. The maximum absolute atomic E-state index is 11.7. The third kappa shape index (κ3) is 24.3. The normalized spacial score (nSPS) is 11.3. The van der Waals surface area contributed by atoms with Gasteiger partial charge in [-0.3, -0.25) is 19.2 Å². The van der Waals surface area contributed by atoms with Crippen LogP contribution in [-0.4, -0.2) is 62.5 Å². The van der Waals surface area contributed by atoms with Gasteiger partial charge in [-0.05, 0) is 100 Å². The van der Waals surface area contributed by atoms with E-state index < -0.39 is 23.4 Å². The van der Waals surface area contributed by atoms with Gasteiger partial charge in [0.05, 0.1) is 62.7 Å². The Hall–Kier alpha value is -2.93. The second-order valence-corrected chi connectivity index (χ2v) is 14.9. The quantitative estimate of drug-likeness (QED) is 0.0726. The van der Waals surface area contributed by atoms with Crippen LogP contribution in [0.4, 0.5) is 0 Å². The molecule has 0 saturated carbocycles. The zero-order valence-electron chi connectivity index (χ0n) is 34.1. The lowest BCUT2D eigenvalue weighted by Crippen LogP contribution is -2.44. The van der Waals surface area contributed by atoms with Crippen molar-refractivity contribution in [3.8, 4) is 0 Å². The molecule has 0 spiro atoms. The summed E-state index contributed by atoms with van der Waals surface area (Å²) in [7, 11) is 3.60. The third-order valence-corrected chi connectivity index (χ3v) is 8.65. The lowest BCUT2D eigenvalue weighted by Gasteiger charge is -2.26. The van der Waals surface area contributed by atoms with Crippen LogP contribution >= 0.6 is 0 Å². The summed E-state index contributed by atoms with van der Waals surface area (Å²) in [5, 5.41) is 20.3. The molecule has 0 aromatic carbocycles. The van der Waals surface area contributed by atoms with Crippen molar-refractivity contribution in [3.63, 3.8) is 0 Å². The van der Waals surface area contributed by atoms with Gasteiger partial charge < -0.3 is 29.0 Å². The summed E-state index contributed by atoms with van der Waals surface area (Å²) < 4.78 is 23.9. The number of unbranched alkanes of at least 4 members (excludes halogenated alkanes) is 1. The number of ether oxygens (including phenoxy) is 4. The van der Waals surface area contributed by atoms with Crippen molar-refractivity contribution < 1.29 is 52.7 Å². The molecule has 1 aromatic heterocycles. The SMILES string of the molecule is CCC(C)(C)C(=O)OC.CCC(C)(C)C(=O)OCCCB([O-])[O-].CCC(C)(C)C(=O)OCCCCOC(=O)C(C)(C)CC.Cn1cc[n+](C)c1. The Morgan fingerprint density at radius 2 is 0.960 bits per heavy atom. The van der Waals surface area contributed by atoms with Crippen LogP contribution in [0.1, 0.15) is 128 Å². The molecule has 0 unspecified atom stereocenters. The summed E-state index contributed by atoms with van der Waals surface area (Å²) >= 11 is 0. The molecule has 1 rings (SSSR count). The van der Waals surface area contributed by atoms with Crippen LogP contribution in [0.5, 0.6) is 0 Å². The zero-order chi connectivity index (χ0) is 39.8.